The van der Waals surface area contributed by atoms with Gasteiger partial charge in [-0.05, 0) is 48.4 Å². The Morgan fingerprint density at radius 3 is 2.42 bits per heavy atom. The highest BCUT2D eigenvalue weighted by molar-refractivity contribution is 6.17. The number of halogens is 1. The van der Waals surface area contributed by atoms with E-state index in [1.54, 1.807) is 7.11 Å². The van der Waals surface area contributed by atoms with E-state index in [9.17, 15) is 9.59 Å². The molecule has 24 heavy (non-hydrogen) atoms. The molecule has 1 aromatic carbocycles. The second-order valence-electron chi connectivity index (χ2n) is 5.91. The fourth-order valence-electron chi connectivity index (χ4n) is 2.63. The Labute approximate surface area is 147 Å². The topological polar surface area (TPSA) is 87.7 Å². The summed E-state index contributed by atoms with van der Waals surface area (Å²) in [5.41, 5.74) is 6.92. The van der Waals surface area contributed by atoms with E-state index >= 15 is 0 Å². The highest BCUT2D eigenvalue weighted by Gasteiger charge is 2.24. The zero-order chi connectivity index (χ0) is 18.3. The van der Waals surface area contributed by atoms with Crippen LogP contribution in [-0.4, -0.2) is 30.1 Å². The molecule has 0 aliphatic carbocycles. The lowest BCUT2D eigenvalue weighted by Gasteiger charge is -2.22. The summed E-state index contributed by atoms with van der Waals surface area (Å²) in [5.74, 6) is 0.562. The molecule has 6 nitrogen and oxygen atoms in total. The maximum atomic E-state index is 12.4. The summed E-state index contributed by atoms with van der Waals surface area (Å²) >= 11 is 5.77. The molecule has 1 atom stereocenters. The number of hydrogen-bond donors (Lipinski definition) is 3. The molecular weight excluding hydrogens is 332 g/mol. The second kappa shape index (κ2) is 9.37. The summed E-state index contributed by atoms with van der Waals surface area (Å²) in [6, 6.07) is 3.88. The van der Waals surface area contributed by atoms with Crippen LogP contribution in [0.5, 0.6) is 5.75 Å². The van der Waals surface area contributed by atoms with Crippen LogP contribution in [-0.2, 0) is 4.79 Å². The number of rotatable bonds is 7. The number of carbonyl (C=O) groups excluding carboxylic acids is 1. The number of amides is 2. The molecule has 0 aliphatic heterocycles. The minimum Gasteiger partial charge on any atom is -0.496 e. The van der Waals surface area contributed by atoms with Crippen molar-refractivity contribution < 1.29 is 19.4 Å². The van der Waals surface area contributed by atoms with Crippen LogP contribution in [0.4, 0.5) is 4.79 Å². The molecule has 3 N–H and O–H groups in total. The first-order valence-electron chi connectivity index (χ1n) is 7.85. The molecule has 1 aromatic rings. The molecule has 0 spiro atoms. The van der Waals surface area contributed by atoms with E-state index in [-0.39, 0.29) is 5.92 Å². The third-order valence-corrected chi connectivity index (χ3v) is 4.12. The van der Waals surface area contributed by atoms with E-state index < -0.39 is 17.9 Å². The summed E-state index contributed by atoms with van der Waals surface area (Å²) in [7, 11) is 1.62. The van der Waals surface area contributed by atoms with E-state index in [1.165, 1.54) is 0 Å². The van der Waals surface area contributed by atoms with Crippen LogP contribution in [0.15, 0.2) is 12.1 Å². The van der Waals surface area contributed by atoms with E-state index in [2.05, 4.69) is 19.3 Å². The molecule has 1 rings (SSSR count). The Kier molecular flexibility index (Phi) is 7.85. The van der Waals surface area contributed by atoms with Gasteiger partial charge in [0.15, 0.2) is 0 Å². The van der Waals surface area contributed by atoms with Crippen molar-refractivity contribution >= 4 is 23.6 Å². The molecule has 0 aromatic heterocycles. The molecule has 0 saturated carbocycles. The number of hydrogen-bond acceptors (Lipinski definition) is 3. The average molecular weight is 357 g/mol. The maximum Gasteiger partial charge on any atom is 0.423 e. The molecular formula is C17H25ClN2O4. The maximum absolute atomic E-state index is 12.4. The number of nitrogens with one attached hydrogen (secondary N) is 2. The molecule has 2 amide bonds. The van der Waals surface area contributed by atoms with Crippen LogP contribution < -0.4 is 15.6 Å². The van der Waals surface area contributed by atoms with Crippen molar-refractivity contribution in [1.82, 2.24) is 10.9 Å². The normalized spacial score (nSPS) is 11.9. The number of carboxylic acid groups (broad SMARTS) is 1. The lowest BCUT2D eigenvalue weighted by atomic mass is 9.86. The van der Waals surface area contributed by atoms with Gasteiger partial charge in [0.05, 0.1) is 13.0 Å². The fraction of sp³-hybridized carbons (Fsp3) is 0.529. The number of aryl methyl sites for hydroxylation is 1. The van der Waals surface area contributed by atoms with Crippen LogP contribution in [0.25, 0.3) is 0 Å². The number of carbonyl (C=O) groups is 2. The van der Waals surface area contributed by atoms with Crippen molar-refractivity contribution in [3.05, 3.63) is 28.8 Å². The van der Waals surface area contributed by atoms with E-state index in [0.717, 1.165) is 22.4 Å². The van der Waals surface area contributed by atoms with Crippen molar-refractivity contribution in [3.8, 4) is 5.75 Å². The van der Waals surface area contributed by atoms with Crippen LogP contribution in [0, 0.1) is 6.92 Å². The Bertz CT molecular complexity index is 590. The number of benzene rings is 1. The van der Waals surface area contributed by atoms with Gasteiger partial charge >= 0.3 is 6.09 Å². The monoisotopic (exact) mass is 356 g/mol. The Hall–Kier alpha value is -1.95. The predicted molar refractivity (Wildman–Crippen MR) is 93.8 cm³/mol. The van der Waals surface area contributed by atoms with Gasteiger partial charge in [-0.2, -0.15) is 0 Å². The van der Waals surface area contributed by atoms with E-state index in [0.29, 0.717) is 18.7 Å². The van der Waals surface area contributed by atoms with Crippen molar-refractivity contribution in [2.45, 2.75) is 45.4 Å². The molecule has 7 heteroatoms. The first-order chi connectivity index (χ1) is 11.3. The van der Waals surface area contributed by atoms with Gasteiger partial charge < -0.3 is 9.84 Å². The summed E-state index contributed by atoms with van der Waals surface area (Å²) in [5, 5.41) is 8.67. The molecule has 1 unspecified atom stereocenters. The lowest BCUT2D eigenvalue weighted by molar-refractivity contribution is -0.123. The molecule has 134 valence electrons. The molecule has 0 fully saturated rings. The van der Waals surface area contributed by atoms with Crippen LogP contribution in [0.1, 0.15) is 55.2 Å². The number of methoxy groups -OCH3 is 1. The third kappa shape index (κ3) is 5.30. The first-order valence-corrected chi connectivity index (χ1v) is 8.38. The summed E-state index contributed by atoms with van der Waals surface area (Å²) in [6.07, 6.45) is -0.134. The molecule has 0 saturated heterocycles. The van der Waals surface area contributed by atoms with Crippen LogP contribution >= 0.6 is 11.6 Å². The quantitative estimate of drug-likeness (QED) is 0.515. The third-order valence-electron chi connectivity index (χ3n) is 3.85. The van der Waals surface area contributed by atoms with Crippen molar-refractivity contribution in [1.29, 1.82) is 0 Å². The highest BCUT2D eigenvalue weighted by atomic mass is 35.5. The standard InChI is InChI=1S/C17H25ClN2O4/c1-10(2)13-9-14(11(3)8-15(13)24-4)12(6-5-7-18)16(21)19-20-17(22)23/h8-10,12,20H,5-7H2,1-4H3,(H,19,21)(H,22,23). The van der Waals surface area contributed by atoms with Gasteiger partial charge in [0.2, 0.25) is 5.91 Å². The van der Waals surface area contributed by atoms with Crippen molar-refractivity contribution in [2.75, 3.05) is 13.0 Å². The molecule has 0 heterocycles. The highest BCUT2D eigenvalue weighted by Crippen LogP contribution is 2.34. The van der Waals surface area contributed by atoms with Crippen molar-refractivity contribution in [2.24, 2.45) is 0 Å². The van der Waals surface area contributed by atoms with Crippen LogP contribution in [0.3, 0.4) is 0 Å². The first kappa shape index (κ1) is 20.1. The van der Waals surface area contributed by atoms with Gasteiger partial charge in [0.25, 0.3) is 0 Å². The largest absolute Gasteiger partial charge is 0.496 e. The summed E-state index contributed by atoms with van der Waals surface area (Å²) < 4.78 is 5.43. The SMILES string of the molecule is COc1cc(C)c(C(CCCCl)C(=O)NNC(=O)O)cc1C(C)C. The molecule has 0 radical (unpaired) electrons. The minimum absolute atomic E-state index is 0.230. The molecule has 0 bridgehead atoms. The second-order valence-corrected chi connectivity index (χ2v) is 6.29. The van der Waals surface area contributed by atoms with Gasteiger partial charge in [-0.25, -0.2) is 10.2 Å². The van der Waals surface area contributed by atoms with E-state index in [1.807, 2.05) is 24.5 Å². The average Bonchev–Trinajstić information content (AvgIpc) is 2.53. The Morgan fingerprint density at radius 1 is 1.25 bits per heavy atom. The fourth-order valence-corrected chi connectivity index (χ4v) is 2.78. The summed E-state index contributed by atoms with van der Waals surface area (Å²) in [6.45, 7) is 6.02. The van der Waals surface area contributed by atoms with Crippen LogP contribution in [0.2, 0.25) is 0 Å². The number of ether oxygens (including phenoxy) is 1. The van der Waals surface area contributed by atoms with E-state index in [4.69, 9.17) is 21.4 Å². The van der Waals surface area contributed by atoms with Gasteiger partial charge in [0, 0.05) is 5.88 Å². The summed E-state index contributed by atoms with van der Waals surface area (Å²) in [4.78, 5) is 23.0. The number of hydrazine groups is 1. The zero-order valence-corrected chi connectivity index (χ0v) is 15.2. The van der Waals surface area contributed by atoms with Gasteiger partial charge in [-0.15, -0.1) is 11.6 Å². The van der Waals surface area contributed by atoms with Gasteiger partial charge in [-0.3, -0.25) is 10.2 Å². The number of alkyl halides is 1. The lowest BCUT2D eigenvalue weighted by Crippen LogP contribution is -2.43. The predicted octanol–water partition coefficient (Wildman–Crippen LogP) is 3.53. The zero-order valence-electron chi connectivity index (χ0n) is 14.5. The van der Waals surface area contributed by atoms with Crippen molar-refractivity contribution in [3.63, 3.8) is 0 Å². The smallest absolute Gasteiger partial charge is 0.423 e. The Balaban J connectivity index is 3.23. The van der Waals surface area contributed by atoms with Gasteiger partial charge in [-0.1, -0.05) is 19.9 Å². The molecule has 0 aliphatic rings. The Morgan fingerprint density at radius 2 is 1.92 bits per heavy atom. The minimum atomic E-state index is -1.31. The van der Waals surface area contributed by atoms with Gasteiger partial charge in [0.1, 0.15) is 5.75 Å².